The van der Waals surface area contributed by atoms with E-state index in [9.17, 15) is 4.39 Å². The van der Waals surface area contributed by atoms with Crippen LogP contribution in [0.3, 0.4) is 0 Å². The van der Waals surface area contributed by atoms with Crippen molar-refractivity contribution in [3.63, 3.8) is 0 Å². The second kappa shape index (κ2) is 6.89. The van der Waals surface area contributed by atoms with Crippen molar-refractivity contribution in [3.05, 3.63) is 52.5 Å². The summed E-state index contributed by atoms with van der Waals surface area (Å²) in [7, 11) is 1.89. The predicted octanol–water partition coefficient (Wildman–Crippen LogP) is 4.44. The summed E-state index contributed by atoms with van der Waals surface area (Å²) in [5.74, 6) is -0.222. The van der Waals surface area contributed by atoms with Gasteiger partial charge in [-0.3, -0.25) is 4.98 Å². The largest absolute Gasteiger partial charge is 0.379 e. The normalized spacial score (nSPS) is 10.8. The summed E-state index contributed by atoms with van der Waals surface area (Å²) in [4.78, 5) is 6.19. The minimum Gasteiger partial charge on any atom is -0.379 e. The molecular weight excluding hydrogens is 333 g/mol. The van der Waals surface area contributed by atoms with E-state index in [1.807, 2.05) is 44.0 Å². The second-order valence-corrected chi connectivity index (χ2v) is 6.11. The molecule has 0 saturated heterocycles. The first-order chi connectivity index (χ1) is 9.97. The summed E-state index contributed by atoms with van der Waals surface area (Å²) in [6.45, 7) is 4.63. The lowest BCUT2D eigenvalue weighted by Gasteiger charge is -2.24. The molecule has 0 saturated carbocycles. The van der Waals surface area contributed by atoms with Crippen LogP contribution < -0.4 is 10.2 Å². The van der Waals surface area contributed by atoms with Crippen molar-refractivity contribution >= 4 is 27.3 Å². The minimum absolute atomic E-state index is 0.222. The molecule has 0 atom stereocenters. The van der Waals surface area contributed by atoms with E-state index in [4.69, 9.17) is 0 Å². The van der Waals surface area contributed by atoms with Gasteiger partial charge in [-0.05, 0) is 60.1 Å². The van der Waals surface area contributed by atoms with Crippen molar-refractivity contribution < 1.29 is 4.39 Å². The molecule has 0 bridgehead atoms. The van der Waals surface area contributed by atoms with Gasteiger partial charge in [0.05, 0.1) is 17.9 Å². The Hall–Kier alpha value is -1.62. The van der Waals surface area contributed by atoms with Crippen LogP contribution in [0.2, 0.25) is 0 Å². The zero-order valence-corrected chi connectivity index (χ0v) is 14.0. The van der Waals surface area contributed by atoms with Gasteiger partial charge < -0.3 is 10.2 Å². The summed E-state index contributed by atoms with van der Waals surface area (Å²) in [6, 6.07) is 9.32. The Labute approximate surface area is 133 Å². The molecule has 0 amide bonds. The maximum absolute atomic E-state index is 14.1. The maximum Gasteiger partial charge on any atom is 0.148 e. The number of hydrogen-bond donors (Lipinski definition) is 1. The molecule has 2 rings (SSSR count). The fourth-order valence-electron chi connectivity index (χ4n) is 1.88. The molecule has 1 heterocycles. The van der Waals surface area contributed by atoms with Gasteiger partial charge in [-0.2, -0.15) is 0 Å². The summed E-state index contributed by atoms with van der Waals surface area (Å²) in [5.41, 5.74) is 2.26. The number of benzene rings is 1. The van der Waals surface area contributed by atoms with Crippen LogP contribution in [-0.2, 0) is 6.54 Å². The molecule has 0 aliphatic heterocycles. The highest BCUT2D eigenvalue weighted by atomic mass is 79.9. The topological polar surface area (TPSA) is 28.2 Å². The van der Waals surface area contributed by atoms with Crippen molar-refractivity contribution in [2.75, 3.05) is 17.3 Å². The maximum atomic E-state index is 14.1. The lowest BCUT2D eigenvalue weighted by Crippen LogP contribution is -2.26. The van der Waals surface area contributed by atoms with Gasteiger partial charge in [-0.25, -0.2) is 4.39 Å². The molecule has 2 aromatic rings. The smallest absolute Gasteiger partial charge is 0.148 e. The second-order valence-electron chi connectivity index (χ2n) is 5.19. The molecule has 0 aliphatic rings. The molecular formula is C16H19BrFN3. The molecule has 5 heteroatoms. The summed E-state index contributed by atoms with van der Waals surface area (Å²) < 4.78 is 15.1. The van der Waals surface area contributed by atoms with E-state index in [0.717, 1.165) is 15.9 Å². The third kappa shape index (κ3) is 4.17. The zero-order valence-electron chi connectivity index (χ0n) is 12.4. The van der Waals surface area contributed by atoms with Crippen LogP contribution in [0.25, 0.3) is 0 Å². The standard InChI is InChI=1S/C16H19BrFN3/c1-11(2)21(3)16-7-6-13(8-15(16)18)20-10-14-5-4-12(17)9-19-14/h4-9,11,20H,10H2,1-3H3. The zero-order chi connectivity index (χ0) is 15.4. The Kier molecular flexibility index (Phi) is 5.17. The first-order valence-corrected chi connectivity index (χ1v) is 7.63. The third-order valence-corrected chi connectivity index (χ3v) is 3.83. The van der Waals surface area contributed by atoms with E-state index in [2.05, 4.69) is 26.2 Å². The monoisotopic (exact) mass is 351 g/mol. The van der Waals surface area contributed by atoms with Crippen molar-refractivity contribution in [2.24, 2.45) is 0 Å². The van der Waals surface area contributed by atoms with Crippen molar-refractivity contribution in [1.29, 1.82) is 0 Å². The van der Waals surface area contributed by atoms with E-state index in [1.165, 1.54) is 6.07 Å². The number of anilines is 2. The quantitative estimate of drug-likeness (QED) is 0.862. The highest BCUT2D eigenvalue weighted by Crippen LogP contribution is 2.23. The van der Waals surface area contributed by atoms with E-state index in [1.54, 1.807) is 12.3 Å². The number of rotatable bonds is 5. The number of halogens is 2. The van der Waals surface area contributed by atoms with Crippen molar-refractivity contribution in [1.82, 2.24) is 4.98 Å². The summed E-state index contributed by atoms with van der Waals surface area (Å²) in [5, 5.41) is 3.18. The van der Waals surface area contributed by atoms with E-state index in [0.29, 0.717) is 12.2 Å². The summed E-state index contributed by atoms with van der Waals surface area (Å²) >= 11 is 3.35. The molecule has 1 aromatic heterocycles. The van der Waals surface area contributed by atoms with Gasteiger partial charge in [0, 0.05) is 29.4 Å². The molecule has 0 spiro atoms. The van der Waals surface area contributed by atoms with Gasteiger partial charge in [0.25, 0.3) is 0 Å². The number of pyridine rings is 1. The van der Waals surface area contributed by atoms with Gasteiger partial charge in [-0.1, -0.05) is 0 Å². The average Bonchev–Trinajstić information content (AvgIpc) is 2.46. The van der Waals surface area contributed by atoms with Crippen molar-refractivity contribution in [3.8, 4) is 0 Å². The lowest BCUT2D eigenvalue weighted by atomic mass is 10.2. The fourth-order valence-corrected chi connectivity index (χ4v) is 2.12. The minimum atomic E-state index is -0.222. The Balaban J connectivity index is 2.05. The SMILES string of the molecule is CC(C)N(C)c1ccc(NCc2ccc(Br)cn2)cc1F. The lowest BCUT2D eigenvalue weighted by molar-refractivity contribution is 0.614. The molecule has 112 valence electrons. The highest BCUT2D eigenvalue weighted by molar-refractivity contribution is 9.10. The molecule has 0 unspecified atom stereocenters. The van der Waals surface area contributed by atoms with Crippen LogP contribution in [0.1, 0.15) is 19.5 Å². The van der Waals surface area contributed by atoms with E-state index in [-0.39, 0.29) is 11.9 Å². The molecule has 0 radical (unpaired) electrons. The molecule has 0 fully saturated rings. The van der Waals surface area contributed by atoms with Gasteiger partial charge in [0.2, 0.25) is 0 Å². The first-order valence-electron chi connectivity index (χ1n) is 6.84. The van der Waals surface area contributed by atoms with Gasteiger partial charge in [0.1, 0.15) is 5.82 Å². The van der Waals surface area contributed by atoms with Crippen LogP contribution >= 0.6 is 15.9 Å². The number of hydrogen-bond acceptors (Lipinski definition) is 3. The van der Waals surface area contributed by atoms with Crippen LogP contribution in [0.5, 0.6) is 0 Å². The van der Waals surface area contributed by atoms with Crippen LogP contribution in [-0.4, -0.2) is 18.1 Å². The fraction of sp³-hybridized carbons (Fsp3) is 0.312. The highest BCUT2D eigenvalue weighted by Gasteiger charge is 2.10. The Morgan fingerprint density at radius 1 is 1.29 bits per heavy atom. The Morgan fingerprint density at radius 2 is 2.05 bits per heavy atom. The molecule has 0 aliphatic carbocycles. The molecule has 1 N–H and O–H groups in total. The van der Waals surface area contributed by atoms with Crippen molar-refractivity contribution in [2.45, 2.75) is 26.4 Å². The predicted molar refractivity (Wildman–Crippen MR) is 89.2 cm³/mol. The first kappa shape index (κ1) is 15.8. The van der Waals surface area contributed by atoms with E-state index < -0.39 is 0 Å². The van der Waals surface area contributed by atoms with Gasteiger partial charge in [0.15, 0.2) is 0 Å². The Bertz CT molecular complexity index is 599. The Morgan fingerprint density at radius 3 is 2.62 bits per heavy atom. The molecule has 21 heavy (non-hydrogen) atoms. The average molecular weight is 352 g/mol. The molecule has 1 aromatic carbocycles. The summed E-state index contributed by atoms with van der Waals surface area (Å²) in [6.07, 6.45) is 1.75. The van der Waals surface area contributed by atoms with Gasteiger partial charge in [-0.15, -0.1) is 0 Å². The molecule has 3 nitrogen and oxygen atoms in total. The number of aromatic nitrogens is 1. The number of nitrogens with zero attached hydrogens (tertiary/aromatic N) is 2. The van der Waals surface area contributed by atoms with Crippen LogP contribution in [0.15, 0.2) is 41.0 Å². The van der Waals surface area contributed by atoms with Crippen LogP contribution in [0.4, 0.5) is 15.8 Å². The number of nitrogens with one attached hydrogen (secondary N) is 1. The van der Waals surface area contributed by atoms with Gasteiger partial charge >= 0.3 is 0 Å². The van der Waals surface area contributed by atoms with Crippen LogP contribution in [0, 0.1) is 5.82 Å². The third-order valence-electron chi connectivity index (χ3n) is 3.36. The van der Waals surface area contributed by atoms with E-state index >= 15 is 0 Å².